The van der Waals surface area contributed by atoms with Gasteiger partial charge in [-0.2, -0.15) is 5.26 Å². The van der Waals surface area contributed by atoms with E-state index >= 15 is 0 Å². The van der Waals surface area contributed by atoms with E-state index in [-0.39, 0.29) is 0 Å². The fraction of sp³-hybridized carbons (Fsp3) is 0.0526. The van der Waals surface area contributed by atoms with Crippen LogP contribution in [-0.2, 0) is 0 Å². The predicted molar refractivity (Wildman–Crippen MR) is 105 cm³/mol. The van der Waals surface area contributed by atoms with Gasteiger partial charge in [-0.25, -0.2) is 4.98 Å². The monoisotopic (exact) mass is 428 g/mol. The third-order valence-electron chi connectivity index (χ3n) is 3.38. The Kier molecular flexibility index (Phi) is 4.89. The maximum atomic E-state index is 9.46. The van der Waals surface area contributed by atoms with Crippen molar-refractivity contribution in [2.24, 2.45) is 0 Å². The van der Waals surface area contributed by atoms with Crippen molar-refractivity contribution >= 4 is 45.6 Å². The standard InChI is InChI=1S/C19H13IN2S/c1-13-2-6-15(7-3-13)18-12-23-19(22-18)16(11-21)10-14-4-8-17(20)9-5-14/h2-10,12H,1H3/b16-10+. The summed E-state index contributed by atoms with van der Waals surface area (Å²) in [4.78, 5) is 4.62. The fourth-order valence-corrected chi connectivity index (χ4v) is 3.28. The summed E-state index contributed by atoms with van der Waals surface area (Å²) in [6, 6.07) is 18.6. The molecule has 3 aromatic rings. The van der Waals surface area contributed by atoms with E-state index in [1.165, 1.54) is 20.5 Å². The molecule has 2 aromatic carbocycles. The predicted octanol–water partition coefficient (Wildman–Crippen LogP) is 5.79. The zero-order chi connectivity index (χ0) is 16.2. The largest absolute Gasteiger partial charge is 0.235 e. The van der Waals surface area contributed by atoms with Gasteiger partial charge in [-0.3, -0.25) is 0 Å². The first kappa shape index (κ1) is 15.9. The number of aromatic nitrogens is 1. The molecule has 0 saturated heterocycles. The summed E-state index contributed by atoms with van der Waals surface area (Å²) in [6.45, 7) is 2.06. The lowest BCUT2D eigenvalue weighted by Gasteiger charge is -1.98. The molecule has 0 aliphatic heterocycles. The van der Waals surface area contributed by atoms with Gasteiger partial charge in [-0.15, -0.1) is 11.3 Å². The third kappa shape index (κ3) is 3.87. The summed E-state index contributed by atoms with van der Waals surface area (Å²) < 4.78 is 1.18. The number of halogens is 1. The lowest BCUT2D eigenvalue weighted by molar-refractivity contribution is 1.36. The molecule has 0 unspecified atom stereocenters. The minimum absolute atomic E-state index is 0.592. The van der Waals surface area contributed by atoms with E-state index in [0.717, 1.165) is 21.8 Å². The SMILES string of the molecule is Cc1ccc(-c2csc(/C(C#N)=C/c3ccc(I)cc3)n2)cc1. The Morgan fingerprint density at radius 3 is 2.48 bits per heavy atom. The van der Waals surface area contributed by atoms with Crippen LogP contribution in [0.25, 0.3) is 22.9 Å². The van der Waals surface area contributed by atoms with Crippen LogP contribution in [0.2, 0.25) is 0 Å². The fourth-order valence-electron chi connectivity index (χ4n) is 2.12. The van der Waals surface area contributed by atoms with E-state index in [2.05, 4.69) is 64.8 Å². The van der Waals surface area contributed by atoms with Crippen LogP contribution in [-0.4, -0.2) is 4.98 Å². The summed E-state index contributed by atoms with van der Waals surface area (Å²) in [5.41, 5.74) is 4.81. The summed E-state index contributed by atoms with van der Waals surface area (Å²) >= 11 is 3.77. The summed E-state index contributed by atoms with van der Waals surface area (Å²) in [5.74, 6) is 0. The molecule has 3 rings (SSSR count). The quantitative estimate of drug-likeness (QED) is 0.391. The molecule has 0 fully saturated rings. The lowest BCUT2D eigenvalue weighted by Crippen LogP contribution is -1.83. The number of hydrogen-bond donors (Lipinski definition) is 0. The Morgan fingerprint density at radius 1 is 1.13 bits per heavy atom. The van der Waals surface area contributed by atoms with Gasteiger partial charge in [0.1, 0.15) is 11.1 Å². The van der Waals surface area contributed by atoms with Crippen LogP contribution < -0.4 is 0 Å². The van der Waals surface area contributed by atoms with Crippen LogP contribution in [0.5, 0.6) is 0 Å². The number of thiazole rings is 1. The van der Waals surface area contributed by atoms with Gasteiger partial charge in [0.05, 0.1) is 11.3 Å². The van der Waals surface area contributed by atoms with Crippen molar-refractivity contribution in [2.45, 2.75) is 6.92 Å². The summed E-state index contributed by atoms with van der Waals surface area (Å²) in [6.07, 6.45) is 1.88. The molecule has 0 aliphatic carbocycles. The first-order valence-corrected chi connectivity index (χ1v) is 9.02. The Balaban J connectivity index is 1.92. The van der Waals surface area contributed by atoms with E-state index in [9.17, 15) is 5.26 Å². The zero-order valence-electron chi connectivity index (χ0n) is 12.5. The first-order valence-electron chi connectivity index (χ1n) is 7.06. The van der Waals surface area contributed by atoms with Crippen LogP contribution in [0.15, 0.2) is 53.9 Å². The van der Waals surface area contributed by atoms with Gasteiger partial charge in [-0.05, 0) is 53.3 Å². The van der Waals surface area contributed by atoms with Crippen molar-refractivity contribution in [1.82, 2.24) is 4.98 Å². The van der Waals surface area contributed by atoms with Crippen LogP contribution in [0.4, 0.5) is 0 Å². The molecule has 0 bridgehead atoms. The van der Waals surface area contributed by atoms with Crippen LogP contribution >= 0.6 is 33.9 Å². The zero-order valence-corrected chi connectivity index (χ0v) is 15.4. The molecule has 0 saturated carbocycles. The van der Waals surface area contributed by atoms with Crippen molar-refractivity contribution in [2.75, 3.05) is 0 Å². The van der Waals surface area contributed by atoms with E-state index in [0.29, 0.717) is 5.57 Å². The summed E-state index contributed by atoms with van der Waals surface area (Å²) in [7, 11) is 0. The molecule has 4 heteroatoms. The number of benzene rings is 2. The molecule has 2 nitrogen and oxygen atoms in total. The molecule has 0 aliphatic rings. The number of allylic oxidation sites excluding steroid dienone is 1. The van der Waals surface area contributed by atoms with Crippen molar-refractivity contribution < 1.29 is 0 Å². The van der Waals surface area contributed by atoms with Gasteiger partial charge in [0.2, 0.25) is 0 Å². The molecule has 0 amide bonds. The maximum Gasteiger partial charge on any atom is 0.134 e. The van der Waals surface area contributed by atoms with Gasteiger partial charge in [-0.1, -0.05) is 42.0 Å². The van der Waals surface area contributed by atoms with Crippen LogP contribution in [0, 0.1) is 21.8 Å². The van der Waals surface area contributed by atoms with Gasteiger partial charge in [0.15, 0.2) is 0 Å². The number of rotatable bonds is 3. The molecule has 0 radical (unpaired) electrons. The van der Waals surface area contributed by atoms with Crippen LogP contribution in [0.1, 0.15) is 16.1 Å². The lowest BCUT2D eigenvalue weighted by atomic mass is 10.1. The van der Waals surface area contributed by atoms with Gasteiger partial charge < -0.3 is 0 Å². The first-order chi connectivity index (χ1) is 11.2. The second-order valence-corrected chi connectivity index (χ2v) is 7.23. The van der Waals surface area contributed by atoms with Gasteiger partial charge in [0.25, 0.3) is 0 Å². The second kappa shape index (κ2) is 7.07. The molecule has 0 atom stereocenters. The van der Waals surface area contributed by atoms with Crippen LogP contribution in [0.3, 0.4) is 0 Å². The second-order valence-electron chi connectivity index (χ2n) is 5.13. The van der Waals surface area contributed by atoms with Gasteiger partial charge in [0, 0.05) is 14.5 Å². The van der Waals surface area contributed by atoms with Crippen molar-refractivity contribution in [1.29, 1.82) is 5.26 Å². The molecular formula is C19H13IN2S. The Bertz CT molecular complexity index is 884. The van der Waals surface area contributed by atoms with Crippen molar-refractivity contribution in [3.8, 4) is 17.3 Å². The Hall–Kier alpha value is -1.97. The van der Waals surface area contributed by atoms with Gasteiger partial charge >= 0.3 is 0 Å². The molecule has 1 aromatic heterocycles. The topological polar surface area (TPSA) is 36.7 Å². The minimum atomic E-state index is 0.592. The summed E-state index contributed by atoms with van der Waals surface area (Å²) in [5, 5.41) is 12.2. The maximum absolute atomic E-state index is 9.46. The highest BCUT2D eigenvalue weighted by Gasteiger charge is 2.09. The normalized spacial score (nSPS) is 11.3. The van der Waals surface area contributed by atoms with Crippen molar-refractivity contribution in [3.63, 3.8) is 0 Å². The highest BCUT2D eigenvalue weighted by atomic mass is 127. The average molecular weight is 428 g/mol. The average Bonchev–Trinajstić information content (AvgIpc) is 3.05. The third-order valence-corrected chi connectivity index (χ3v) is 4.98. The molecule has 0 N–H and O–H groups in total. The highest BCUT2D eigenvalue weighted by molar-refractivity contribution is 14.1. The van der Waals surface area contributed by atoms with Crippen molar-refractivity contribution in [3.05, 3.63) is 73.6 Å². The molecule has 0 spiro atoms. The molecule has 23 heavy (non-hydrogen) atoms. The number of nitriles is 1. The van der Waals surface area contributed by atoms with E-state index < -0.39 is 0 Å². The molecule has 112 valence electrons. The number of nitrogens with zero attached hydrogens (tertiary/aromatic N) is 2. The Labute approximate surface area is 153 Å². The van der Waals surface area contributed by atoms with E-state index in [1.807, 2.05) is 35.7 Å². The molecule has 1 heterocycles. The number of aryl methyl sites for hydroxylation is 1. The number of hydrogen-bond acceptors (Lipinski definition) is 3. The van der Waals surface area contributed by atoms with E-state index in [4.69, 9.17) is 0 Å². The minimum Gasteiger partial charge on any atom is -0.235 e. The smallest absolute Gasteiger partial charge is 0.134 e. The highest BCUT2D eigenvalue weighted by Crippen LogP contribution is 2.27. The molecular weight excluding hydrogens is 415 g/mol. The van der Waals surface area contributed by atoms with E-state index in [1.54, 1.807) is 0 Å². The Morgan fingerprint density at radius 2 is 1.83 bits per heavy atom.